The molecule has 202 valence electrons. The van der Waals surface area contributed by atoms with Gasteiger partial charge in [0.1, 0.15) is 53.5 Å². The predicted molar refractivity (Wildman–Crippen MR) is 144 cm³/mol. The third kappa shape index (κ3) is 6.47. The minimum Gasteiger partial charge on any atom is -0.488 e. The summed E-state index contributed by atoms with van der Waals surface area (Å²) in [6.45, 7) is 3.36. The van der Waals surface area contributed by atoms with Crippen molar-refractivity contribution in [3.05, 3.63) is 81.6 Å². The van der Waals surface area contributed by atoms with E-state index in [0.29, 0.717) is 19.0 Å². The van der Waals surface area contributed by atoms with Crippen LogP contribution in [-0.2, 0) is 11.3 Å². The molecule has 4 N–H and O–H groups in total. The fourth-order valence-corrected chi connectivity index (χ4v) is 4.84. The molecular formula is C27H26F2N6O3S. The van der Waals surface area contributed by atoms with E-state index in [1.165, 1.54) is 48.0 Å². The molecule has 0 aliphatic carbocycles. The Labute approximate surface area is 227 Å². The molecule has 2 aromatic carbocycles. The van der Waals surface area contributed by atoms with Gasteiger partial charge in [-0.1, -0.05) is 0 Å². The van der Waals surface area contributed by atoms with Crippen molar-refractivity contribution in [2.24, 2.45) is 0 Å². The van der Waals surface area contributed by atoms with Crippen LogP contribution in [0.5, 0.6) is 17.2 Å². The maximum absolute atomic E-state index is 15.2. The van der Waals surface area contributed by atoms with Crippen LogP contribution in [0.1, 0.15) is 33.9 Å². The number of ether oxygens (including phenoxy) is 3. The summed E-state index contributed by atoms with van der Waals surface area (Å²) in [4.78, 5) is 13.3. The number of halogens is 2. The zero-order chi connectivity index (χ0) is 27.4. The van der Waals surface area contributed by atoms with Crippen molar-refractivity contribution in [2.75, 3.05) is 24.3 Å². The summed E-state index contributed by atoms with van der Waals surface area (Å²) in [6, 6.07) is 8.04. The van der Waals surface area contributed by atoms with E-state index in [-0.39, 0.29) is 52.6 Å². The molecule has 1 saturated heterocycles. The summed E-state index contributed by atoms with van der Waals surface area (Å²) in [7, 11) is 0. The average molecular weight is 553 g/mol. The lowest BCUT2D eigenvalue weighted by atomic mass is 10.0. The number of benzene rings is 2. The topological polar surface area (TPSA) is 128 Å². The highest BCUT2D eigenvalue weighted by Gasteiger charge is 2.22. The summed E-state index contributed by atoms with van der Waals surface area (Å²) in [6.07, 6.45) is 4.55. The van der Waals surface area contributed by atoms with E-state index >= 15 is 4.39 Å². The van der Waals surface area contributed by atoms with E-state index in [1.807, 2.05) is 6.92 Å². The highest BCUT2D eigenvalue weighted by molar-refractivity contribution is 7.11. The SMILES string of the molecule is Cc1ncc(COc2cc(F)cc(Oc3ccc(C(=N)c4c(N)ncnc4NC4CCOCC4)c(F)c3)c2)s1. The van der Waals surface area contributed by atoms with Crippen LogP contribution >= 0.6 is 11.3 Å². The van der Waals surface area contributed by atoms with Crippen molar-refractivity contribution >= 4 is 28.7 Å². The fraction of sp³-hybridized carbons (Fsp3) is 0.259. The summed E-state index contributed by atoms with van der Waals surface area (Å²) in [5.41, 5.74) is 6.11. The summed E-state index contributed by atoms with van der Waals surface area (Å²) in [5.74, 6) is -0.339. The molecule has 1 aliphatic rings. The zero-order valence-corrected chi connectivity index (χ0v) is 21.9. The molecule has 0 bridgehead atoms. The van der Waals surface area contributed by atoms with Crippen LogP contribution in [0, 0.1) is 24.0 Å². The van der Waals surface area contributed by atoms with Gasteiger partial charge in [-0.15, -0.1) is 11.3 Å². The Balaban J connectivity index is 1.32. The number of nitrogen functional groups attached to an aromatic ring is 1. The largest absolute Gasteiger partial charge is 0.488 e. The van der Waals surface area contributed by atoms with E-state index in [1.54, 1.807) is 6.20 Å². The van der Waals surface area contributed by atoms with Crippen LogP contribution in [-0.4, -0.2) is 39.9 Å². The first-order chi connectivity index (χ1) is 18.9. The zero-order valence-electron chi connectivity index (χ0n) is 21.0. The molecule has 0 spiro atoms. The van der Waals surface area contributed by atoms with E-state index in [4.69, 9.17) is 25.4 Å². The van der Waals surface area contributed by atoms with E-state index in [0.717, 1.165) is 28.8 Å². The molecule has 12 heteroatoms. The molecule has 0 saturated carbocycles. The van der Waals surface area contributed by atoms with Crippen molar-refractivity contribution in [1.29, 1.82) is 5.41 Å². The predicted octanol–water partition coefficient (Wildman–Crippen LogP) is 5.48. The first-order valence-corrected chi connectivity index (χ1v) is 13.0. The molecule has 5 rings (SSSR count). The lowest BCUT2D eigenvalue weighted by molar-refractivity contribution is 0.0904. The first kappa shape index (κ1) is 26.4. The molecule has 2 aromatic heterocycles. The molecule has 0 radical (unpaired) electrons. The molecule has 0 atom stereocenters. The number of nitrogens with one attached hydrogen (secondary N) is 2. The summed E-state index contributed by atoms with van der Waals surface area (Å²) >= 11 is 1.49. The molecule has 39 heavy (non-hydrogen) atoms. The minimum atomic E-state index is -0.716. The highest BCUT2D eigenvalue weighted by atomic mass is 32.1. The second-order valence-corrected chi connectivity index (χ2v) is 10.2. The van der Waals surface area contributed by atoms with Crippen LogP contribution in [0.25, 0.3) is 0 Å². The van der Waals surface area contributed by atoms with Crippen LogP contribution in [0.3, 0.4) is 0 Å². The van der Waals surface area contributed by atoms with Gasteiger partial charge in [0.25, 0.3) is 0 Å². The van der Waals surface area contributed by atoms with Crippen molar-refractivity contribution in [2.45, 2.75) is 32.4 Å². The average Bonchev–Trinajstić information content (AvgIpc) is 3.33. The van der Waals surface area contributed by atoms with Crippen molar-refractivity contribution in [1.82, 2.24) is 15.0 Å². The van der Waals surface area contributed by atoms with E-state index in [9.17, 15) is 4.39 Å². The Kier molecular flexibility index (Phi) is 7.94. The van der Waals surface area contributed by atoms with Crippen LogP contribution in [0.2, 0.25) is 0 Å². The van der Waals surface area contributed by atoms with Gasteiger partial charge in [0.05, 0.1) is 21.2 Å². The minimum absolute atomic E-state index is 0.0120. The number of hydrogen-bond acceptors (Lipinski definition) is 10. The second kappa shape index (κ2) is 11.7. The van der Waals surface area contributed by atoms with Gasteiger partial charge >= 0.3 is 0 Å². The third-order valence-electron chi connectivity index (χ3n) is 6.03. The normalized spacial score (nSPS) is 13.7. The van der Waals surface area contributed by atoms with Crippen LogP contribution < -0.4 is 20.5 Å². The Hall–Kier alpha value is -4.16. The molecule has 1 fully saturated rings. The number of nitrogens with zero attached hydrogens (tertiary/aromatic N) is 3. The van der Waals surface area contributed by atoms with E-state index < -0.39 is 11.6 Å². The second-order valence-electron chi connectivity index (χ2n) is 8.89. The maximum Gasteiger partial charge on any atom is 0.141 e. The third-order valence-corrected chi connectivity index (χ3v) is 6.92. The summed E-state index contributed by atoms with van der Waals surface area (Å²) in [5, 5.41) is 12.9. The lowest BCUT2D eigenvalue weighted by Gasteiger charge is -2.25. The number of rotatable bonds is 9. The number of anilines is 2. The van der Waals surface area contributed by atoms with Crippen molar-refractivity contribution in [3.8, 4) is 17.2 Å². The molecular weight excluding hydrogens is 526 g/mol. The number of aryl methyl sites for hydroxylation is 1. The Morgan fingerprint density at radius 3 is 2.64 bits per heavy atom. The monoisotopic (exact) mass is 552 g/mol. The van der Waals surface area contributed by atoms with Gasteiger partial charge in [0.2, 0.25) is 0 Å². The number of thiazole rings is 1. The maximum atomic E-state index is 15.2. The first-order valence-electron chi connectivity index (χ1n) is 12.2. The van der Waals surface area contributed by atoms with Gasteiger partial charge < -0.3 is 25.3 Å². The summed E-state index contributed by atoms with van der Waals surface area (Å²) < 4.78 is 46.2. The Morgan fingerprint density at radius 1 is 1.10 bits per heavy atom. The number of hydrogen-bond donors (Lipinski definition) is 3. The molecule has 0 amide bonds. The quantitative estimate of drug-likeness (QED) is 0.233. The smallest absolute Gasteiger partial charge is 0.141 e. The fourth-order valence-electron chi connectivity index (χ4n) is 4.13. The lowest BCUT2D eigenvalue weighted by Crippen LogP contribution is -2.29. The molecule has 0 unspecified atom stereocenters. The van der Waals surface area contributed by atoms with Gasteiger partial charge in [0.15, 0.2) is 0 Å². The van der Waals surface area contributed by atoms with Crippen LogP contribution in [0.4, 0.5) is 20.4 Å². The Bertz CT molecular complexity index is 1490. The van der Waals surface area contributed by atoms with Gasteiger partial charge in [-0.2, -0.15) is 0 Å². The van der Waals surface area contributed by atoms with Crippen molar-refractivity contribution < 1.29 is 23.0 Å². The number of aromatic nitrogens is 3. The molecule has 1 aliphatic heterocycles. The van der Waals surface area contributed by atoms with Crippen LogP contribution in [0.15, 0.2) is 48.9 Å². The van der Waals surface area contributed by atoms with Gasteiger partial charge in [-0.05, 0) is 31.9 Å². The van der Waals surface area contributed by atoms with E-state index in [2.05, 4.69) is 20.3 Å². The van der Waals surface area contributed by atoms with Gasteiger partial charge in [-0.3, -0.25) is 5.41 Å². The molecule has 4 aromatic rings. The van der Waals surface area contributed by atoms with Gasteiger partial charge in [0, 0.05) is 55.3 Å². The molecule has 9 nitrogen and oxygen atoms in total. The number of nitrogens with two attached hydrogens (primary N) is 1. The highest BCUT2D eigenvalue weighted by Crippen LogP contribution is 2.31. The molecule has 3 heterocycles. The van der Waals surface area contributed by atoms with Crippen molar-refractivity contribution in [3.63, 3.8) is 0 Å². The van der Waals surface area contributed by atoms with Gasteiger partial charge in [-0.25, -0.2) is 23.7 Å². The Morgan fingerprint density at radius 2 is 1.90 bits per heavy atom. The standard InChI is InChI=1S/C27H26F2N6O3S/c1-15-32-12-21(39-15)13-37-19-8-16(28)9-20(10-19)38-18-2-3-22(23(29)11-18)25(30)24-26(31)33-14-34-27(24)35-17-4-6-36-7-5-17/h2-3,8-12,14,17,30H,4-7,13H2,1H3,(H3,31,33,34,35).